The molecule has 0 spiro atoms. The van der Waals surface area contributed by atoms with E-state index in [2.05, 4.69) is 13.8 Å². The van der Waals surface area contributed by atoms with Crippen LogP contribution in [0.15, 0.2) is 91.8 Å². The normalized spacial score (nSPS) is 16.3. The van der Waals surface area contributed by atoms with Gasteiger partial charge in [-0.1, -0.05) is 85.7 Å². The third-order valence-electron chi connectivity index (χ3n) is 9.09. The Balaban J connectivity index is 1.56. The molecule has 1 aliphatic carbocycles. The first kappa shape index (κ1) is 33.9. The Morgan fingerprint density at radius 1 is 0.766 bits per heavy atom. The van der Waals surface area contributed by atoms with Crippen molar-refractivity contribution >= 4 is 83.8 Å². The number of hydrogen-bond acceptors (Lipinski definition) is 9. The Morgan fingerprint density at radius 2 is 1.28 bits per heavy atom. The standard InChI is InChI=1S/C35H35N5O2S5/c1-20(22-13-7-5-8-14-22)38-33(43)30(34(44)39(35(38)45)21(2)23-15-9-6-10-16-23)37-36-29-26(47-4)19-25(46-3)27-28(29)32(42)40(31(27)41)24-17-11-12-18-24/h5-10,13-16,19-21,24,43H,11-12,17-18H2,1-4H3. The van der Waals surface area contributed by atoms with Crippen LogP contribution in [-0.2, 0) is 0 Å². The monoisotopic (exact) mass is 717 g/mol. The molecule has 2 atom stereocenters. The van der Waals surface area contributed by atoms with Gasteiger partial charge in [-0.25, -0.2) is 0 Å². The van der Waals surface area contributed by atoms with Gasteiger partial charge in [0, 0.05) is 15.8 Å². The molecule has 0 bridgehead atoms. The van der Waals surface area contributed by atoms with Gasteiger partial charge < -0.3 is 9.13 Å². The van der Waals surface area contributed by atoms with E-state index in [0.717, 1.165) is 46.6 Å². The first-order valence-corrected chi connectivity index (χ1v) is 19.2. The SMILES string of the molecule is CSc1cc(SC)c2c(c1N=Nc1c(S)n(C(C)c3ccccc3)c(=S)n(C(C)c3ccccc3)c1=S)C(=O)N(C1CCCC1)C2=O. The number of nitrogens with zero attached hydrogens (tertiary/aromatic N) is 5. The summed E-state index contributed by atoms with van der Waals surface area (Å²) in [5.41, 5.74) is 3.54. The van der Waals surface area contributed by atoms with E-state index in [0.29, 0.717) is 36.9 Å². The molecule has 1 aliphatic heterocycles. The summed E-state index contributed by atoms with van der Waals surface area (Å²) in [6.07, 6.45) is 7.50. The lowest BCUT2D eigenvalue weighted by Crippen LogP contribution is -2.38. The molecule has 2 unspecified atom stereocenters. The number of imide groups is 1. The molecule has 47 heavy (non-hydrogen) atoms. The highest BCUT2D eigenvalue weighted by Gasteiger charge is 2.44. The van der Waals surface area contributed by atoms with Crippen molar-refractivity contribution in [1.82, 2.24) is 14.0 Å². The first-order valence-electron chi connectivity index (χ1n) is 15.5. The number of carbonyl (C=O) groups is 2. The molecule has 0 N–H and O–H groups in total. The fraction of sp³-hybridized carbons (Fsp3) is 0.314. The summed E-state index contributed by atoms with van der Waals surface area (Å²) in [5.74, 6) is -0.549. The minimum Gasteiger partial charge on any atom is -0.304 e. The molecule has 0 radical (unpaired) electrons. The number of amides is 2. The number of fused-ring (bicyclic) bond motifs is 1. The van der Waals surface area contributed by atoms with Crippen LogP contribution < -0.4 is 0 Å². The van der Waals surface area contributed by atoms with Crippen LogP contribution in [0.5, 0.6) is 0 Å². The molecule has 12 heteroatoms. The summed E-state index contributed by atoms with van der Waals surface area (Å²) < 4.78 is 4.76. The van der Waals surface area contributed by atoms with Gasteiger partial charge in [0.05, 0.1) is 23.2 Å². The zero-order chi connectivity index (χ0) is 33.4. The van der Waals surface area contributed by atoms with Gasteiger partial charge >= 0.3 is 0 Å². The maximum atomic E-state index is 14.1. The van der Waals surface area contributed by atoms with E-state index in [-0.39, 0.29) is 29.9 Å². The summed E-state index contributed by atoms with van der Waals surface area (Å²) in [6.45, 7) is 4.12. The van der Waals surface area contributed by atoms with Gasteiger partial charge in [0.25, 0.3) is 11.8 Å². The molecule has 4 aromatic rings. The van der Waals surface area contributed by atoms with Gasteiger partial charge in [-0.2, -0.15) is 0 Å². The minimum absolute atomic E-state index is 0.0978. The Kier molecular flexibility index (Phi) is 10.2. The third kappa shape index (κ3) is 6.07. The molecular formula is C35H35N5O2S5. The van der Waals surface area contributed by atoms with Gasteiger partial charge in [0.1, 0.15) is 15.4 Å². The van der Waals surface area contributed by atoms with Crippen LogP contribution in [0.3, 0.4) is 0 Å². The van der Waals surface area contributed by atoms with Crippen molar-refractivity contribution in [1.29, 1.82) is 0 Å². The zero-order valence-electron chi connectivity index (χ0n) is 26.5. The molecule has 1 fully saturated rings. The summed E-state index contributed by atoms with van der Waals surface area (Å²) in [4.78, 5) is 30.9. The molecule has 7 nitrogen and oxygen atoms in total. The molecule has 6 rings (SSSR count). The van der Waals surface area contributed by atoms with Crippen LogP contribution in [0.1, 0.15) is 83.5 Å². The number of carbonyl (C=O) groups excluding carboxylic acids is 2. The van der Waals surface area contributed by atoms with E-state index in [9.17, 15) is 9.59 Å². The van der Waals surface area contributed by atoms with E-state index in [1.165, 1.54) is 28.4 Å². The van der Waals surface area contributed by atoms with E-state index in [1.54, 1.807) is 0 Å². The number of hydrogen-bond donors (Lipinski definition) is 1. The number of thiol groups is 1. The Bertz CT molecular complexity index is 2000. The molecule has 2 aliphatic rings. The predicted molar refractivity (Wildman–Crippen MR) is 199 cm³/mol. The molecule has 1 aromatic heterocycles. The number of thioether (sulfide) groups is 2. The van der Waals surface area contributed by atoms with Crippen molar-refractivity contribution in [2.45, 2.75) is 72.5 Å². The fourth-order valence-corrected chi connectivity index (χ4v) is 9.32. The smallest absolute Gasteiger partial charge is 0.264 e. The molecule has 242 valence electrons. The van der Waals surface area contributed by atoms with Crippen LogP contribution >= 0.6 is 60.6 Å². The molecule has 1 saturated carbocycles. The second-order valence-electron chi connectivity index (χ2n) is 11.7. The Morgan fingerprint density at radius 3 is 1.83 bits per heavy atom. The molecule has 3 aromatic carbocycles. The predicted octanol–water partition coefficient (Wildman–Crippen LogP) is 10.7. The molecular weight excluding hydrogens is 683 g/mol. The van der Waals surface area contributed by atoms with Gasteiger partial charge in [-0.15, -0.1) is 46.4 Å². The van der Waals surface area contributed by atoms with Crippen LogP contribution in [0.4, 0.5) is 11.4 Å². The van der Waals surface area contributed by atoms with Crippen molar-refractivity contribution in [2.75, 3.05) is 12.5 Å². The maximum Gasteiger partial charge on any atom is 0.264 e. The topological polar surface area (TPSA) is 72.0 Å². The average Bonchev–Trinajstić information content (AvgIpc) is 3.71. The van der Waals surface area contributed by atoms with Crippen molar-refractivity contribution in [2.24, 2.45) is 10.2 Å². The lowest BCUT2D eigenvalue weighted by Gasteiger charge is -2.26. The highest BCUT2D eigenvalue weighted by Crippen LogP contribution is 2.46. The summed E-state index contributed by atoms with van der Waals surface area (Å²) in [7, 11) is 0. The van der Waals surface area contributed by atoms with Crippen LogP contribution in [0.25, 0.3) is 0 Å². The second-order valence-corrected chi connectivity index (χ2v) is 14.5. The van der Waals surface area contributed by atoms with Gasteiger partial charge in [0.15, 0.2) is 10.5 Å². The summed E-state index contributed by atoms with van der Waals surface area (Å²) in [6, 6.07) is 21.5. The minimum atomic E-state index is -0.303. The lowest BCUT2D eigenvalue weighted by molar-refractivity contribution is 0.0587. The number of azo groups is 1. The molecule has 2 heterocycles. The van der Waals surface area contributed by atoms with Crippen molar-refractivity contribution in [3.8, 4) is 0 Å². The molecule has 2 amide bonds. The van der Waals surface area contributed by atoms with E-state index in [1.807, 2.05) is 88.4 Å². The third-order valence-corrected chi connectivity index (χ3v) is 11.8. The van der Waals surface area contributed by atoms with E-state index < -0.39 is 0 Å². The zero-order valence-corrected chi connectivity index (χ0v) is 30.7. The highest BCUT2D eigenvalue weighted by molar-refractivity contribution is 7.99. The number of rotatable bonds is 9. The number of aromatic nitrogens is 2. The maximum absolute atomic E-state index is 14.1. The van der Waals surface area contributed by atoms with E-state index in [4.69, 9.17) is 47.3 Å². The van der Waals surface area contributed by atoms with Gasteiger partial charge in [-0.3, -0.25) is 14.5 Å². The van der Waals surface area contributed by atoms with Gasteiger partial charge in [0.2, 0.25) is 0 Å². The van der Waals surface area contributed by atoms with Crippen molar-refractivity contribution < 1.29 is 9.59 Å². The first-order chi connectivity index (χ1) is 22.7. The average molecular weight is 718 g/mol. The summed E-state index contributed by atoms with van der Waals surface area (Å²) in [5, 5.41) is 9.99. The van der Waals surface area contributed by atoms with Crippen LogP contribution in [0.2, 0.25) is 0 Å². The van der Waals surface area contributed by atoms with Crippen LogP contribution in [-0.4, -0.2) is 44.4 Å². The lowest BCUT2D eigenvalue weighted by atomic mass is 10.1. The second kappa shape index (κ2) is 14.2. The van der Waals surface area contributed by atoms with Crippen molar-refractivity contribution in [3.63, 3.8) is 0 Å². The Hall–Kier alpha value is -3.03. The fourth-order valence-electron chi connectivity index (χ4n) is 6.54. The van der Waals surface area contributed by atoms with Crippen molar-refractivity contribution in [3.05, 3.63) is 98.4 Å². The summed E-state index contributed by atoms with van der Waals surface area (Å²) >= 11 is 20.1. The largest absolute Gasteiger partial charge is 0.304 e. The number of benzene rings is 3. The van der Waals surface area contributed by atoms with Gasteiger partial charge in [-0.05, 0) is 68.6 Å². The highest BCUT2D eigenvalue weighted by atomic mass is 32.2. The van der Waals surface area contributed by atoms with Crippen LogP contribution in [0, 0.1) is 9.41 Å². The molecule has 0 saturated heterocycles. The van der Waals surface area contributed by atoms with E-state index >= 15 is 0 Å². The quantitative estimate of drug-likeness (QED) is 0.0464. The Labute approximate surface area is 299 Å².